The standard InChI is InChI=1S/C15H16N2O/c16-8-11-6-15(10-17-9-11)18-14-5-4-12-2-1-3-13(12)7-14/h4-7,9-10H,1-3,8,16H2. The molecule has 0 amide bonds. The molecule has 1 aromatic carbocycles. The lowest BCUT2D eigenvalue weighted by atomic mass is 10.1. The number of hydrogen-bond donors (Lipinski definition) is 1. The van der Waals surface area contributed by atoms with Gasteiger partial charge in [-0.3, -0.25) is 4.98 Å². The zero-order chi connectivity index (χ0) is 12.4. The number of aromatic nitrogens is 1. The average Bonchev–Trinajstić information content (AvgIpc) is 2.86. The number of nitrogens with two attached hydrogens (primary N) is 1. The van der Waals surface area contributed by atoms with E-state index in [4.69, 9.17) is 10.5 Å². The van der Waals surface area contributed by atoms with E-state index >= 15 is 0 Å². The minimum Gasteiger partial charge on any atom is -0.456 e. The highest BCUT2D eigenvalue weighted by Gasteiger charge is 2.11. The Morgan fingerprint density at radius 1 is 1.06 bits per heavy atom. The Kier molecular flexibility index (Phi) is 2.99. The van der Waals surface area contributed by atoms with Gasteiger partial charge in [0.05, 0.1) is 6.20 Å². The van der Waals surface area contributed by atoms with Crippen LogP contribution in [0, 0.1) is 0 Å². The Morgan fingerprint density at radius 3 is 2.83 bits per heavy atom. The fourth-order valence-electron chi connectivity index (χ4n) is 2.38. The molecule has 1 aliphatic carbocycles. The minimum absolute atomic E-state index is 0.481. The molecule has 0 bridgehead atoms. The van der Waals surface area contributed by atoms with Crippen LogP contribution in [0.4, 0.5) is 0 Å². The molecule has 92 valence electrons. The van der Waals surface area contributed by atoms with Gasteiger partial charge in [0, 0.05) is 12.7 Å². The van der Waals surface area contributed by atoms with E-state index in [9.17, 15) is 0 Å². The topological polar surface area (TPSA) is 48.1 Å². The molecule has 0 saturated heterocycles. The van der Waals surface area contributed by atoms with Crippen molar-refractivity contribution < 1.29 is 4.74 Å². The summed E-state index contributed by atoms with van der Waals surface area (Å²) in [6.45, 7) is 0.481. The highest BCUT2D eigenvalue weighted by atomic mass is 16.5. The SMILES string of the molecule is NCc1cncc(Oc2ccc3c(c2)CCC3)c1. The van der Waals surface area contributed by atoms with Crippen molar-refractivity contribution >= 4 is 0 Å². The zero-order valence-corrected chi connectivity index (χ0v) is 10.2. The lowest BCUT2D eigenvalue weighted by Crippen LogP contribution is -1.97. The molecular weight excluding hydrogens is 224 g/mol. The summed E-state index contributed by atoms with van der Waals surface area (Å²) >= 11 is 0. The van der Waals surface area contributed by atoms with Gasteiger partial charge in [-0.2, -0.15) is 0 Å². The summed E-state index contributed by atoms with van der Waals surface area (Å²) in [4.78, 5) is 4.12. The van der Waals surface area contributed by atoms with E-state index < -0.39 is 0 Å². The number of nitrogens with zero attached hydrogens (tertiary/aromatic N) is 1. The molecule has 0 unspecified atom stereocenters. The van der Waals surface area contributed by atoms with E-state index in [0.29, 0.717) is 6.54 Å². The van der Waals surface area contributed by atoms with Crippen molar-refractivity contribution in [2.75, 3.05) is 0 Å². The van der Waals surface area contributed by atoms with Gasteiger partial charge in [0.2, 0.25) is 0 Å². The van der Waals surface area contributed by atoms with Crippen molar-refractivity contribution in [3.63, 3.8) is 0 Å². The number of ether oxygens (including phenoxy) is 1. The molecular formula is C15H16N2O. The molecule has 1 aromatic heterocycles. The number of hydrogen-bond acceptors (Lipinski definition) is 3. The number of pyridine rings is 1. The number of aryl methyl sites for hydroxylation is 2. The first-order valence-corrected chi connectivity index (χ1v) is 6.29. The van der Waals surface area contributed by atoms with Gasteiger partial charge in [0.25, 0.3) is 0 Å². The molecule has 0 radical (unpaired) electrons. The largest absolute Gasteiger partial charge is 0.456 e. The quantitative estimate of drug-likeness (QED) is 0.897. The second kappa shape index (κ2) is 4.78. The fraction of sp³-hybridized carbons (Fsp3) is 0.267. The van der Waals surface area contributed by atoms with E-state index in [-0.39, 0.29) is 0 Å². The van der Waals surface area contributed by atoms with Crippen LogP contribution in [0.25, 0.3) is 0 Å². The van der Waals surface area contributed by atoms with Crippen LogP contribution in [0.5, 0.6) is 11.5 Å². The summed E-state index contributed by atoms with van der Waals surface area (Å²) in [5, 5.41) is 0. The van der Waals surface area contributed by atoms with E-state index in [1.807, 2.05) is 12.1 Å². The fourth-order valence-corrected chi connectivity index (χ4v) is 2.38. The zero-order valence-electron chi connectivity index (χ0n) is 10.2. The smallest absolute Gasteiger partial charge is 0.146 e. The maximum absolute atomic E-state index is 5.83. The number of rotatable bonds is 3. The second-order valence-electron chi connectivity index (χ2n) is 4.62. The van der Waals surface area contributed by atoms with Gasteiger partial charge in [-0.15, -0.1) is 0 Å². The van der Waals surface area contributed by atoms with E-state index in [1.165, 1.54) is 24.0 Å². The van der Waals surface area contributed by atoms with Gasteiger partial charge in [-0.05, 0) is 54.2 Å². The van der Waals surface area contributed by atoms with Crippen LogP contribution < -0.4 is 10.5 Å². The summed E-state index contributed by atoms with van der Waals surface area (Å²) in [5.41, 5.74) is 9.44. The van der Waals surface area contributed by atoms with Crippen LogP contribution in [-0.4, -0.2) is 4.98 Å². The summed E-state index contributed by atoms with van der Waals surface area (Å²) in [7, 11) is 0. The van der Waals surface area contributed by atoms with Crippen LogP contribution in [-0.2, 0) is 19.4 Å². The van der Waals surface area contributed by atoms with Crippen molar-refractivity contribution in [3.05, 3.63) is 53.3 Å². The highest BCUT2D eigenvalue weighted by molar-refractivity contribution is 5.40. The predicted molar refractivity (Wildman–Crippen MR) is 70.7 cm³/mol. The Balaban J connectivity index is 1.83. The molecule has 2 aromatic rings. The first kappa shape index (κ1) is 11.2. The molecule has 18 heavy (non-hydrogen) atoms. The number of benzene rings is 1. The molecule has 3 rings (SSSR count). The summed E-state index contributed by atoms with van der Waals surface area (Å²) < 4.78 is 5.83. The molecule has 1 aliphatic rings. The van der Waals surface area contributed by atoms with Crippen molar-refractivity contribution in [3.8, 4) is 11.5 Å². The minimum atomic E-state index is 0.481. The van der Waals surface area contributed by atoms with Gasteiger partial charge in [-0.25, -0.2) is 0 Å². The highest BCUT2D eigenvalue weighted by Crippen LogP contribution is 2.28. The first-order chi connectivity index (χ1) is 8.85. The Morgan fingerprint density at radius 2 is 1.94 bits per heavy atom. The average molecular weight is 240 g/mol. The first-order valence-electron chi connectivity index (χ1n) is 6.29. The van der Waals surface area contributed by atoms with Gasteiger partial charge in [0.15, 0.2) is 0 Å². The maximum Gasteiger partial charge on any atom is 0.146 e. The number of fused-ring (bicyclic) bond motifs is 1. The van der Waals surface area contributed by atoms with Crippen molar-refractivity contribution in [1.82, 2.24) is 4.98 Å². The normalized spacial score (nSPS) is 13.4. The van der Waals surface area contributed by atoms with Crippen LogP contribution in [0.2, 0.25) is 0 Å². The van der Waals surface area contributed by atoms with E-state index in [0.717, 1.165) is 23.5 Å². The van der Waals surface area contributed by atoms with Gasteiger partial charge >= 0.3 is 0 Å². The van der Waals surface area contributed by atoms with Crippen LogP contribution in [0.3, 0.4) is 0 Å². The summed E-state index contributed by atoms with van der Waals surface area (Å²) in [6.07, 6.45) is 7.08. The third kappa shape index (κ3) is 2.22. The summed E-state index contributed by atoms with van der Waals surface area (Å²) in [5.74, 6) is 1.63. The molecule has 0 fully saturated rings. The van der Waals surface area contributed by atoms with Crippen LogP contribution >= 0.6 is 0 Å². The van der Waals surface area contributed by atoms with Crippen LogP contribution in [0.15, 0.2) is 36.7 Å². The molecule has 3 heteroatoms. The lowest BCUT2D eigenvalue weighted by molar-refractivity contribution is 0.479. The van der Waals surface area contributed by atoms with Gasteiger partial charge < -0.3 is 10.5 Å². The monoisotopic (exact) mass is 240 g/mol. The van der Waals surface area contributed by atoms with Crippen molar-refractivity contribution in [2.45, 2.75) is 25.8 Å². The third-order valence-electron chi connectivity index (χ3n) is 3.31. The van der Waals surface area contributed by atoms with Gasteiger partial charge in [-0.1, -0.05) is 6.07 Å². The second-order valence-corrected chi connectivity index (χ2v) is 4.62. The Labute approximate surface area is 107 Å². The Bertz CT molecular complexity index is 566. The predicted octanol–water partition coefficient (Wildman–Crippen LogP) is 2.82. The Hall–Kier alpha value is -1.87. The van der Waals surface area contributed by atoms with Crippen LogP contribution in [0.1, 0.15) is 23.1 Å². The van der Waals surface area contributed by atoms with E-state index in [2.05, 4.69) is 17.1 Å². The lowest BCUT2D eigenvalue weighted by Gasteiger charge is -2.08. The molecule has 2 N–H and O–H groups in total. The molecule has 0 saturated carbocycles. The summed E-state index contributed by atoms with van der Waals surface area (Å²) in [6, 6.07) is 8.26. The molecule has 0 spiro atoms. The van der Waals surface area contributed by atoms with E-state index in [1.54, 1.807) is 12.4 Å². The third-order valence-corrected chi connectivity index (χ3v) is 3.31. The van der Waals surface area contributed by atoms with Crippen molar-refractivity contribution in [2.24, 2.45) is 5.73 Å². The molecule has 0 atom stereocenters. The maximum atomic E-state index is 5.83. The molecule has 0 aliphatic heterocycles. The molecule has 3 nitrogen and oxygen atoms in total. The van der Waals surface area contributed by atoms with Crippen molar-refractivity contribution in [1.29, 1.82) is 0 Å². The van der Waals surface area contributed by atoms with Gasteiger partial charge in [0.1, 0.15) is 11.5 Å². The molecule has 1 heterocycles.